The Morgan fingerprint density at radius 1 is 1.03 bits per heavy atom. The molecule has 0 saturated heterocycles. The molecule has 0 unspecified atom stereocenters. The lowest BCUT2D eigenvalue weighted by Gasteiger charge is -2.07. The van der Waals surface area contributed by atoms with E-state index in [0.29, 0.717) is 21.4 Å². The molecule has 0 bridgehead atoms. The topological polar surface area (TPSA) is 86.2 Å². The maximum atomic E-state index is 13.0. The number of carbonyl (C=O) groups excluding carboxylic acids is 1. The second-order valence-corrected chi connectivity index (χ2v) is 8.00. The van der Waals surface area contributed by atoms with E-state index in [4.69, 9.17) is 9.47 Å². The summed E-state index contributed by atoms with van der Waals surface area (Å²) < 4.78 is 10.6. The van der Waals surface area contributed by atoms with E-state index in [1.54, 1.807) is 26.6 Å². The molecule has 3 aromatic heterocycles. The van der Waals surface area contributed by atoms with Crippen LogP contribution in [0.25, 0.3) is 10.2 Å². The fraction of sp³-hybridized carbons (Fsp3) is 0.217. The molecule has 0 radical (unpaired) electrons. The number of aryl methyl sites for hydroxylation is 1. The van der Waals surface area contributed by atoms with Gasteiger partial charge in [0.05, 0.1) is 17.4 Å². The molecule has 0 aliphatic rings. The first-order valence-electron chi connectivity index (χ1n) is 9.71. The van der Waals surface area contributed by atoms with Crippen LogP contribution in [0.2, 0.25) is 0 Å². The molecule has 1 aromatic carbocycles. The number of rotatable bonds is 7. The number of thiophene rings is 1. The first kappa shape index (κ1) is 20.9. The van der Waals surface area contributed by atoms with Gasteiger partial charge in [-0.1, -0.05) is 12.1 Å². The quantitative estimate of drug-likeness (QED) is 0.464. The van der Waals surface area contributed by atoms with E-state index in [1.807, 2.05) is 43.3 Å². The van der Waals surface area contributed by atoms with E-state index in [9.17, 15) is 4.79 Å². The molecule has 1 amide bonds. The molecule has 1 N–H and O–H groups in total. The maximum absolute atomic E-state index is 13.0. The van der Waals surface area contributed by atoms with Crippen LogP contribution in [0.1, 0.15) is 32.2 Å². The summed E-state index contributed by atoms with van der Waals surface area (Å²) in [7, 11) is 3.14. The van der Waals surface area contributed by atoms with Crippen molar-refractivity contribution in [3.8, 4) is 5.88 Å². The van der Waals surface area contributed by atoms with Crippen molar-refractivity contribution >= 4 is 33.1 Å². The summed E-state index contributed by atoms with van der Waals surface area (Å²) in [4.78, 5) is 27.2. The van der Waals surface area contributed by atoms with Gasteiger partial charge in [-0.15, -0.1) is 11.3 Å². The molecule has 31 heavy (non-hydrogen) atoms. The Hall–Kier alpha value is -3.36. The number of anilines is 1. The Bertz CT molecular complexity index is 1210. The summed E-state index contributed by atoms with van der Waals surface area (Å²) in [5.41, 5.74) is 3.88. The van der Waals surface area contributed by atoms with Crippen LogP contribution < -0.4 is 10.1 Å². The van der Waals surface area contributed by atoms with Crippen LogP contribution in [-0.4, -0.2) is 35.1 Å². The number of nitrogens with one attached hydrogen (secondary N) is 1. The van der Waals surface area contributed by atoms with Gasteiger partial charge >= 0.3 is 0 Å². The molecule has 7 nitrogen and oxygen atoms in total. The maximum Gasteiger partial charge on any atom is 0.266 e. The molecular formula is C23H22N4O3S. The molecule has 0 aliphatic carbocycles. The third kappa shape index (κ3) is 4.55. The van der Waals surface area contributed by atoms with Crippen molar-refractivity contribution in [1.29, 1.82) is 0 Å². The molecule has 3 heterocycles. The molecular weight excluding hydrogens is 412 g/mol. The zero-order valence-corrected chi connectivity index (χ0v) is 18.3. The number of aromatic nitrogens is 3. The second-order valence-electron chi connectivity index (χ2n) is 7.00. The normalized spacial score (nSPS) is 10.9. The monoisotopic (exact) mass is 434 g/mol. The molecule has 0 aliphatic heterocycles. The Labute approximate surface area is 184 Å². The third-order valence-corrected chi connectivity index (χ3v) is 6.03. The van der Waals surface area contributed by atoms with Crippen molar-refractivity contribution in [3.05, 3.63) is 76.2 Å². The van der Waals surface area contributed by atoms with E-state index in [0.717, 1.165) is 28.6 Å². The van der Waals surface area contributed by atoms with Crippen molar-refractivity contribution in [2.45, 2.75) is 20.0 Å². The summed E-state index contributed by atoms with van der Waals surface area (Å²) in [6.07, 6.45) is 4.39. The lowest BCUT2D eigenvalue weighted by molar-refractivity contribution is 0.103. The minimum Gasteiger partial charge on any atom is -0.480 e. The smallest absolute Gasteiger partial charge is 0.266 e. The van der Waals surface area contributed by atoms with Gasteiger partial charge in [0.2, 0.25) is 5.88 Å². The zero-order valence-electron chi connectivity index (χ0n) is 17.5. The number of ether oxygens (including phenoxy) is 2. The van der Waals surface area contributed by atoms with Gasteiger partial charge in [-0.3, -0.25) is 9.78 Å². The lowest BCUT2D eigenvalue weighted by atomic mass is 10.1. The summed E-state index contributed by atoms with van der Waals surface area (Å²) >= 11 is 1.32. The van der Waals surface area contributed by atoms with E-state index >= 15 is 0 Å². The number of pyridine rings is 1. The van der Waals surface area contributed by atoms with Gasteiger partial charge in [0.1, 0.15) is 11.4 Å². The van der Waals surface area contributed by atoms with Crippen molar-refractivity contribution < 1.29 is 14.3 Å². The van der Waals surface area contributed by atoms with Crippen molar-refractivity contribution in [2.24, 2.45) is 0 Å². The van der Waals surface area contributed by atoms with Gasteiger partial charge in [-0.25, -0.2) is 4.98 Å². The molecule has 0 saturated carbocycles. The summed E-state index contributed by atoms with van der Waals surface area (Å²) in [5, 5.41) is 3.73. The fourth-order valence-electron chi connectivity index (χ4n) is 3.33. The largest absolute Gasteiger partial charge is 0.480 e. The van der Waals surface area contributed by atoms with Gasteiger partial charge in [0.25, 0.3) is 5.91 Å². The van der Waals surface area contributed by atoms with Crippen LogP contribution in [0.4, 0.5) is 5.69 Å². The standard InChI is InChI=1S/C23H22N4O3S/c1-14-19-22(30-3)26-18(13-29-2)27-23(19)31-20(14)21(28)25-17-6-4-15(5-7-17)12-16-8-10-24-11-9-16/h4-11H,12-13H2,1-3H3,(H,25,28). The van der Waals surface area contributed by atoms with Crippen molar-refractivity contribution in [3.63, 3.8) is 0 Å². The first-order chi connectivity index (χ1) is 15.1. The fourth-order valence-corrected chi connectivity index (χ4v) is 4.42. The molecule has 0 atom stereocenters. The number of nitrogens with zero attached hydrogens (tertiary/aromatic N) is 3. The van der Waals surface area contributed by atoms with Gasteiger partial charge in [-0.05, 0) is 54.3 Å². The highest BCUT2D eigenvalue weighted by Crippen LogP contribution is 2.35. The molecule has 8 heteroatoms. The number of fused-ring (bicyclic) bond motifs is 1. The molecule has 4 rings (SSSR count). The molecule has 4 aromatic rings. The lowest BCUT2D eigenvalue weighted by Crippen LogP contribution is -2.11. The highest BCUT2D eigenvalue weighted by molar-refractivity contribution is 7.20. The summed E-state index contributed by atoms with van der Waals surface area (Å²) in [6.45, 7) is 2.16. The van der Waals surface area contributed by atoms with Crippen LogP contribution >= 0.6 is 11.3 Å². The van der Waals surface area contributed by atoms with E-state index in [1.165, 1.54) is 16.9 Å². The van der Waals surface area contributed by atoms with Gasteiger partial charge in [0.15, 0.2) is 5.82 Å². The SMILES string of the molecule is COCc1nc(OC)c2c(C)c(C(=O)Nc3ccc(Cc4ccncc4)cc3)sc2n1. The predicted molar refractivity (Wildman–Crippen MR) is 121 cm³/mol. The van der Waals surface area contributed by atoms with Crippen molar-refractivity contribution in [2.75, 3.05) is 19.5 Å². The minimum absolute atomic E-state index is 0.183. The highest BCUT2D eigenvalue weighted by Gasteiger charge is 2.21. The molecule has 0 fully saturated rings. The van der Waals surface area contributed by atoms with E-state index in [2.05, 4.69) is 20.3 Å². The number of hydrogen-bond donors (Lipinski definition) is 1. The number of benzene rings is 1. The van der Waals surface area contributed by atoms with Crippen LogP contribution in [0.15, 0.2) is 48.8 Å². The number of hydrogen-bond acceptors (Lipinski definition) is 7. The Morgan fingerprint density at radius 3 is 2.42 bits per heavy atom. The predicted octanol–water partition coefficient (Wildman–Crippen LogP) is 4.39. The minimum atomic E-state index is -0.183. The van der Waals surface area contributed by atoms with Crippen LogP contribution in [0.5, 0.6) is 5.88 Å². The Balaban J connectivity index is 1.55. The van der Waals surface area contributed by atoms with E-state index < -0.39 is 0 Å². The third-order valence-electron chi connectivity index (χ3n) is 4.85. The first-order valence-corrected chi connectivity index (χ1v) is 10.5. The highest BCUT2D eigenvalue weighted by atomic mass is 32.1. The number of methoxy groups -OCH3 is 2. The van der Waals surface area contributed by atoms with Gasteiger partial charge in [0, 0.05) is 25.2 Å². The summed E-state index contributed by atoms with van der Waals surface area (Å²) in [5.74, 6) is 0.785. The van der Waals surface area contributed by atoms with Gasteiger partial charge in [-0.2, -0.15) is 4.98 Å². The second kappa shape index (κ2) is 9.20. The van der Waals surface area contributed by atoms with Crippen molar-refractivity contribution in [1.82, 2.24) is 15.0 Å². The Kier molecular flexibility index (Phi) is 6.20. The van der Waals surface area contributed by atoms with Gasteiger partial charge < -0.3 is 14.8 Å². The number of carbonyl (C=O) groups is 1. The number of amides is 1. The average Bonchev–Trinajstić information content (AvgIpc) is 3.12. The zero-order chi connectivity index (χ0) is 21.8. The van der Waals surface area contributed by atoms with Crippen LogP contribution in [0, 0.1) is 6.92 Å². The van der Waals surface area contributed by atoms with E-state index in [-0.39, 0.29) is 12.5 Å². The molecule has 0 spiro atoms. The Morgan fingerprint density at radius 2 is 1.74 bits per heavy atom. The van der Waals surface area contributed by atoms with Crippen LogP contribution in [-0.2, 0) is 17.8 Å². The van der Waals surface area contributed by atoms with Crippen LogP contribution in [0.3, 0.4) is 0 Å². The average molecular weight is 435 g/mol. The summed E-state index contributed by atoms with van der Waals surface area (Å²) in [6, 6.07) is 11.8. The molecule has 158 valence electrons.